The first-order valence-corrected chi connectivity index (χ1v) is 5.67. The lowest BCUT2D eigenvalue weighted by Gasteiger charge is -2.09. The summed E-state index contributed by atoms with van der Waals surface area (Å²) in [6, 6.07) is 9.43. The predicted octanol–water partition coefficient (Wildman–Crippen LogP) is 4.39. The minimum Gasteiger partial charge on any atom is -0.453 e. The third-order valence-electron chi connectivity index (χ3n) is 2.47. The van der Waals surface area contributed by atoms with Crippen LogP contribution >= 0.6 is 11.6 Å². The van der Waals surface area contributed by atoms with E-state index >= 15 is 0 Å². The van der Waals surface area contributed by atoms with Crippen LogP contribution in [0.1, 0.15) is 15.9 Å². The topological polar surface area (TPSA) is 26.3 Å². The molecule has 2 aromatic carbocycles. The molecule has 92 valence electrons. The predicted molar refractivity (Wildman–Crippen MR) is 68.1 cm³/mol. The number of hydrogen-bond acceptors (Lipinski definition) is 2. The van der Waals surface area contributed by atoms with Gasteiger partial charge in [0.2, 0.25) is 0 Å². The van der Waals surface area contributed by atoms with Gasteiger partial charge in [-0.1, -0.05) is 23.7 Å². The Bertz CT molecular complexity index is 596. The van der Waals surface area contributed by atoms with E-state index in [1.54, 1.807) is 25.1 Å². The number of rotatable bonds is 3. The van der Waals surface area contributed by atoms with Crippen molar-refractivity contribution in [2.24, 2.45) is 0 Å². The lowest BCUT2D eigenvalue weighted by Crippen LogP contribution is -1.92. The molecule has 0 bridgehead atoms. The third kappa shape index (κ3) is 2.51. The summed E-state index contributed by atoms with van der Waals surface area (Å²) < 4.78 is 19.1. The van der Waals surface area contributed by atoms with Crippen LogP contribution in [0.15, 0.2) is 36.4 Å². The standard InChI is InChI=1S/C14H10ClFO2/c1-9-3-2-4-13(14(9)16)18-12-6-5-10(8-17)7-11(12)15/h2-8H,1H3. The molecule has 0 aliphatic heterocycles. The molecule has 0 unspecified atom stereocenters. The van der Waals surface area contributed by atoms with Gasteiger partial charge in [-0.3, -0.25) is 4.79 Å². The molecular formula is C14H10ClFO2. The molecule has 0 saturated carbocycles. The van der Waals surface area contributed by atoms with Crippen LogP contribution in [0.2, 0.25) is 5.02 Å². The first kappa shape index (κ1) is 12.6. The molecule has 2 aromatic rings. The molecule has 0 N–H and O–H groups in total. The fourth-order valence-corrected chi connectivity index (χ4v) is 1.72. The zero-order valence-corrected chi connectivity index (χ0v) is 10.4. The van der Waals surface area contributed by atoms with Crippen molar-refractivity contribution in [3.05, 3.63) is 58.4 Å². The Labute approximate surface area is 109 Å². The Morgan fingerprint density at radius 3 is 2.67 bits per heavy atom. The molecule has 4 heteroatoms. The van der Waals surface area contributed by atoms with Crippen molar-refractivity contribution in [1.29, 1.82) is 0 Å². The minimum atomic E-state index is -0.423. The van der Waals surface area contributed by atoms with Crippen molar-refractivity contribution in [2.45, 2.75) is 6.92 Å². The summed E-state index contributed by atoms with van der Waals surface area (Å²) in [6.07, 6.45) is 0.683. The Kier molecular flexibility index (Phi) is 3.63. The van der Waals surface area contributed by atoms with Crippen LogP contribution in [0, 0.1) is 12.7 Å². The number of halogens is 2. The maximum Gasteiger partial charge on any atom is 0.168 e. The van der Waals surface area contributed by atoms with Crippen LogP contribution in [0.5, 0.6) is 11.5 Å². The van der Waals surface area contributed by atoms with E-state index in [0.29, 0.717) is 23.2 Å². The summed E-state index contributed by atoms with van der Waals surface area (Å²) in [7, 11) is 0. The molecule has 0 saturated heterocycles. The van der Waals surface area contributed by atoms with Gasteiger partial charge < -0.3 is 4.74 Å². The fourth-order valence-electron chi connectivity index (χ4n) is 1.49. The van der Waals surface area contributed by atoms with Gasteiger partial charge in [0.1, 0.15) is 12.0 Å². The molecule has 0 aliphatic carbocycles. The number of aldehydes is 1. The van der Waals surface area contributed by atoms with Crippen LogP contribution in [0.3, 0.4) is 0 Å². The minimum absolute atomic E-state index is 0.107. The van der Waals surface area contributed by atoms with Gasteiger partial charge in [0, 0.05) is 5.56 Å². The Hall–Kier alpha value is -1.87. The van der Waals surface area contributed by atoms with Crippen LogP contribution in [0.25, 0.3) is 0 Å². The number of carbonyl (C=O) groups is 1. The highest BCUT2D eigenvalue weighted by atomic mass is 35.5. The molecule has 0 fully saturated rings. The Balaban J connectivity index is 2.34. The first-order valence-electron chi connectivity index (χ1n) is 5.29. The molecule has 0 spiro atoms. The van der Waals surface area contributed by atoms with E-state index < -0.39 is 5.82 Å². The van der Waals surface area contributed by atoms with E-state index in [2.05, 4.69) is 0 Å². The largest absolute Gasteiger partial charge is 0.453 e. The van der Waals surface area contributed by atoms with Gasteiger partial charge in [-0.2, -0.15) is 0 Å². The second-order valence-corrected chi connectivity index (χ2v) is 4.20. The van der Waals surface area contributed by atoms with Gasteiger partial charge in [-0.25, -0.2) is 4.39 Å². The fraction of sp³-hybridized carbons (Fsp3) is 0.0714. The summed E-state index contributed by atoms with van der Waals surface area (Å²) in [4.78, 5) is 10.6. The lowest BCUT2D eigenvalue weighted by molar-refractivity contribution is 0.112. The molecule has 0 radical (unpaired) electrons. The van der Waals surface area contributed by atoms with E-state index in [9.17, 15) is 9.18 Å². The van der Waals surface area contributed by atoms with Gasteiger partial charge in [-0.15, -0.1) is 0 Å². The van der Waals surface area contributed by atoms with Crippen molar-refractivity contribution in [2.75, 3.05) is 0 Å². The SMILES string of the molecule is Cc1cccc(Oc2ccc(C=O)cc2Cl)c1F. The van der Waals surface area contributed by atoms with E-state index in [-0.39, 0.29) is 10.8 Å². The summed E-state index contributed by atoms with van der Waals surface area (Å²) in [5, 5.41) is 0.264. The molecule has 0 aliphatic rings. The monoisotopic (exact) mass is 264 g/mol. The molecule has 0 aromatic heterocycles. The number of benzene rings is 2. The van der Waals surface area contributed by atoms with E-state index in [1.165, 1.54) is 18.2 Å². The van der Waals surface area contributed by atoms with Gasteiger partial charge in [-0.05, 0) is 36.8 Å². The normalized spacial score (nSPS) is 10.2. The maximum absolute atomic E-state index is 13.7. The number of ether oxygens (including phenoxy) is 1. The summed E-state index contributed by atoms with van der Waals surface area (Å²) in [5.41, 5.74) is 0.935. The highest BCUT2D eigenvalue weighted by Gasteiger charge is 2.09. The third-order valence-corrected chi connectivity index (χ3v) is 2.76. The first-order chi connectivity index (χ1) is 8.61. The number of carbonyl (C=O) groups excluding carboxylic acids is 1. The quantitative estimate of drug-likeness (QED) is 0.769. The zero-order valence-electron chi connectivity index (χ0n) is 9.61. The van der Waals surface area contributed by atoms with Gasteiger partial charge in [0.15, 0.2) is 11.6 Å². The van der Waals surface area contributed by atoms with Crippen LogP contribution in [0.4, 0.5) is 4.39 Å². The van der Waals surface area contributed by atoms with Crippen LogP contribution in [-0.2, 0) is 0 Å². The van der Waals surface area contributed by atoms with E-state index in [0.717, 1.165) is 0 Å². The smallest absolute Gasteiger partial charge is 0.168 e. The zero-order chi connectivity index (χ0) is 13.1. The van der Waals surface area contributed by atoms with Gasteiger partial charge >= 0.3 is 0 Å². The summed E-state index contributed by atoms with van der Waals surface area (Å²) in [6.45, 7) is 1.65. The van der Waals surface area contributed by atoms with Gasteiger partial charge in [0.05, 0.1) is 5.02 Å². The molecule has 18 heavy (non-hydrogen) atoms. The molecule has 2 nitrogen and oxygen atoms in total. The van der Waals surface area contributed by atoms with Crippen molar-refractivity contribution in [3.63, 3.8) is 0 Å². The number of aryl methyl sites for hydroxylation is 1. The average Bonchev–Trinajstić information content (AvgIpc) is 2.37. The second-order valence-electron chi connectivity index (χ2n) is 3.80. The number of hydrogen-bond donors (Lipinski definition) is 0. The Morgan fingerprint density at radius 1 is 1.22 bits per heavy atom. The molecular weight excluding hydrogens is 255 g/mol. The second kappa shape index (κ2) is 5.19. The highest BCUT2D eigenvalue weighted by Crippen LogP contribution is 2.31. The van der Waals surface area contributed by atoms with Crippen molar-refractivity contribution < 1.29 is 13.9 Å². The van der Waals surface area contributed by atoms with Crippen LogP contribution in [-0.4, -0.2) is 6.29 Å². The molecule has 0 atom stereocenters. The molecule has 0 heterocycles. The van der Waals surface area contributed by atoms with E-state index in [4.69, 9.17) is 16.3 Å². The van der Waals surface area contributed by atoms with Crippen LogP contribution < -0.4 is 4.74 Å². The van der Waals surface area contributed by atoms with Gasteiger partial charge in [0.25, 0.3) is 0 Å². The van der Waals surface area contributed by atoms with Crippen molar-refractivity contribution in [1.82, 2.24) is 0 Å². The lowest BCUT2D eigenvalue weighted by atomic mass is 10.2. The molecule has 2 rings (SSSR count). The van der Waals surface area contributed by atoms with Crippen molar-refractivity contribution in [3.8, 4) is 11.5 Å². The maximum atomic E-state index is 13.7. The average molecular weight is 265 g/mol. The highest BCUT2D eigenvalue weighted by molar-refractivity contribution is 6.32. The van der Waals surface area contributed by atoms with Crippen molar-refractivity contribution >= 4 is 17.9 Å². The van der Waals surface area contributed by atoms with E-state index in [1.807, 2.05) is 0 Å². The molecule has 0 amide bonds. The summed E-state index contributed by atoms with van der Waals surface area (Å²) >= 11 is 5.94. The summed E-state index contributed by atoms with van der Waals surface area (Å²) in [5.74, 6) is -0.00412. The Morgan fingerprint density at radius 2 is 2.00 bits per heavy atom.